The van der Waals surface area contributed by atoms with Gasteiger partial charge in [-0.3, -0.25) is 0 Å². The van der Waals surface area contributed by atoms with Gasteiger partial charge in [0.05, 0.1) is 5.75 Å². The van der Waals surface area contributed by atoms with E-state index in [1.165, 1.54) is 0 Å². The third kappa shape index (κ3) is 8.31. The van der Waals surface area contributed by atoms with E-state index in [2.05, 4.69) is 5.32 Å². The number of nitrogens with one attached hydrogen (secondary N) is 1. The van der Waals surface area contributed by atoms with Gasteiger partial charge in [0.15, 0.2) is 0 Å². The van der Waals surface area contributed by atoms with Crippen molar-refractivity contribution < 1.29 is 13.7 Å². The Morgan fingerprint density at radius 3 is 2.43 bits per heavy atom. The molecule has 1 unspecified atom stereocenters. The van der Waals surface area contributed by atoms with Crippen LogP contribution in [0.25, 0.3) is 0 Å². The Morgan fingerprint density at radius 2 is 2.07 bits per heavy atom. The molecule has 0 aliphatic rings. The Kier molecular flexibility index (Phi) is 5.44. The van der Waals surface area contributed by atoms with Crippen molar-refractivity contribution in [3.63, 3.8) is 0 Å². The summed E-state index contributed by atoms with van der Waals surface area (Å²) in [7, 11) is 3.84. The van der Waals surface area contributed by atoms with E-state index >= 15 is 0 Å². The van der Waals surface area contributed by atoms with Crippen molar-refractivity contribution >= 4 is 26.8 Å². The second kappa shape index (κ2) is 5.56. The molecular formula is C8H16ClNO3S. The minimum atomic E-state index is -1.43. The molecule has 6 heteroatoms. The molecule has 0 aromatic heterocycles. The number of carbonyl (C=O) groups excluding carboxylic acids is 1. The van der Waals surface area contributed by atoms with Crippen molar-refractivity contribution in [2.45, 2.75) is 39.3 Å². The van der Waals surface area contributed by atoms with Gasteiger partial charge in [-0.15, -0.1) is 0 Å². The van der Waals surface area contributed by atoms with Crippen molar-refractivity contribution in [3.8, 4) is 0 Å². The first-order valence-corrected chi connectivity index (χ1v) is 6.39. The van der Waals surface area contributed by atoms with Crippen LogP contribution in [0.5, 0.6) is 0 Å². The second-order valence-corrected chi connectivity index (χ2v) is 5.95. The molecule has 0 radical (unpaired) electrons. The minimum absolute atomic E-state index is 0.209. The summed E-state index contributed by atoms with van der Waals surface area (Å²) in [5.41, 5.74) is -0.524. The third-order valence-electron chi connectivity index (χ3n) is 1.14. The zero-order valence-electron chi connectivity index (χ0n) is 8.80. The average Bonchev–Trinajstić information content (AvgIpc) is 1.77. The minimum Gasteiger partial charge on any atom is -0.444 e. The molecule has 2 atom stereocenters. The Morgan fingerprint density at radius 1 is 1.57 bits per heavy atom. The number of hydrogen-bond acceptors (Lipinski definition) is 3. The molecule has 0 aromatic rings. The Hall–Kier alpha value is -0.290. The lowest BCUT2D eigenvalue weighted by Gasteiger charge is -2.21. The molecule has 0 heterocycles. The zero-order valence-corrected chi connectivity index (χ0v) is 10.4. The molecule has 1 amide bonds. The summed E-state index contributed by atoms with van der Waals surface area (Å²) in [5, 5.41) is 2.53. The fraction of sp³-hybridized carbons (Fsp3) is 0.875. The van der Waals surface area contributed by atoms with E-state index in [0.717, 1.165) is 0 Å². The standard InChI is InChI=1S/C8H16ClNO3S/c1-6(5-14(9)12)10-7(11)13-8(2,3)4/h6H,5H2,1-4H3,(H,10,11)/t6-,14?/m0/s1. The van der Waals surface area contributed by atoms with E-state index < -0.39 is 21.7 Å². The lowest BCUT2D eigenvalue weighted by Crippen LogP contribution is -2.39. The first-order valence-electron chi connectivity index (χ1n) is 4.25. The first kappa shape index (κ1) is 13.7. The summed E-state index contributed by atoms with van der Waals surface area (Å²) < 4.78 is 15.6. The number of ether oxygens (including phenoxy) is 1. The van der Waals surface area contributed by atoms with Crippen LogP contribution in [0.1, 0.15) is 27.7 Å². The van der Waals surface area contributed by atoms with Gasteiger partial charge in [-0.05, 0) is 38.4 Å². The monoisotopic (exact) mass is 241 g/mol. The molecule has 0 saturated heterocycles. The summed E-state index contributed by atoms with van der Waals surface area (Å²) in [5.74, 6) is 0.209. The highest BCUT2D eigenvalue weighted by Gasteiger charge is 2.18. The molecule has 14 heavy (non-hydrogen) atoms. The molecule has 4 nitrogen and oxygen atoms in total. The van der Waals surface area contributed by atoms with Gasteiger partial charge in [0, 0.05) is 6.04 Å². The van der Waals surface area contributed by atoms with Crippen molar-refractivity contribution in [3.05, 3.63) is 0 Å². The predicted molar refractivity (Wildman–Crippen MR) is 57.7 cm³/mol. The number of rotatable bonds is 3. The van der Waals surface area contributed by atoms with Crippen molar-refractivity contribution in [2.75, 3.05) is 5.75 Å². The highest BCUT2D eigenvalue weighted by molar-refractivity contribution is 8.08. The molecule has 1 N–H and O–H groups in total. The van der Waals surface area contributed by atoms with Crippen LogP contribution in [0.15, 0.2) is 0 Å². The highest BCUT2D eigenvalue weighted by atomic mass is 35.7. The van der Waals surface area contributed by atoms with Crippen LogP contribution < -0.4 is 5.32 Å². The molecule has 0 saturated carbocycles. The zero-order chi connectivity index (χ0) is 11.4. The summed E-state index contributed by atoms with van der Waals surface area (Å²) >= 11 is 0. The van der Waals surface area contributed by atoms with Gasteiger partial charge >= 0.3 is 6.09 Å². The van der Waals surface area contributed by atoms with Gasteiger partial charge in [-0.2, -0.15) is 0 Å². The largest absolute Gasteiger partial charge is 0.444 e. The third-order valence-corrected chi connectivity index (χ3v) is 2.28. The van der Waals surface area contributed by atoms with E-state index in [0.29, 0.717) is 0 Å². The van der Waals surface area contributed by atoms with Crippen LogP contribution in [-0.4, -0.2) is 27.7 Å². The molecule has 0 aliphatic heterocycles. The van der Waals surface area contributed by atoms with E-state index in [1.807, 2.05) is 0 Å². The van der Waals surface area contributed by atoms with E-state index in [-0.39, 0.29) is 11.8 Å². The lowest BCUT2D eigenvalue weighted by atomic mass is 10.2. The number of amides is 1. The Bertz CT molecular complexity index is 227. The predicted octanol–water partition coefficient (Wildman–Crippen LogP) is 1.80. The van der Waals surface area contributed by atoms with Crippen LogP contribution in [0.2, 0.25) is 0 Å². The molecule has 0 spiro atoms. The van der Waals surface area contributed by atoms with Crippen LogP contribution in [-0.2, 0) is 14.7 Å². The van der Waals surface area contributed by atoms with Gasteiger partial charge < -0.3 is 10.1 Å². The number of carbonyl (C=O) groups is 1. The molecule has 0 fully saturated rings. The molecule has 0 aliphatic carbocycles. The van der Waals surface area contributed by atoms with E-state index in [9.17, 15) is 9.00 Å². The molecular weight excluding hydrogens is 226 g/mol. The quantitative estimate of drug-likeness (QED) is 0.767. The van der Waals surface area contributed by atoms with Crippen molar-refractivity contribution in [1.29, 1.82) is 0 Å². The normalized spacial score (nSPS) is 15.8. The van der Waals surface area contributed by atoms with Crippen molar-refractivity contribution in [2.24, 2.45) is 0 Å². The van der Waals surface area contributed by atoms with E-state index in [4.69, 9.17) is 15.4 Å². The average molecular weight is 242 g/mol. The van der Waals surface area contributed by atoms with Gasteiger partial charge in [-0.1, -0.05) is 0 Å². The molecule has 0 rings (SSSR count). The summed E-state index contributed by atoms with van der Waals surface area (Å²) in [6.07, 6.45) is -0.521. The first-order chi connectivity index (χ1) is 6.20. The SMILES string of the molecule is C[C@@H](CS(=O)Cl)NC(=O)OC(C)(C)C. The van der Waals surface area contributed by atoms with Gasteiger partial charge in [0.2, 0.25) is 0 Å². The van der Waals surface area contributed by atoms with Gasteiger partial charge in [0.25, 0.3) is 0 Å². The molecule has 0 bridgehead atoms. The van der Waals surface area contributed by atoms with Crippen LogP contribution in [0, 0.1) is 0 Å². The van der Waals surface area contributed by atoms with Gasteiger partial charge in [-0.25, -0.2) is 9.00 Å². The van der Waals surface area contributed by atoms with Crippen molar-refractivity contribution in [1.82, 2.24) is 5.32 Å². The maximum Gasteiger partial charge on any atom is 0.407 e. The van der Waals surface area contributed by atoms with Gasteiger partial charge in [0.1, 0.15) is 15.6 Å². The van der Waals surface area contributed by atoms with Crippen LogP contribution in [0.4, 0.5) is 4.79 Å². The molecule has 84 valence electrons. The Balaban J connectivity index is 3.89. The summed E-state index contributed by atoms with van der Waals surface area (Å²) in [6.45, 7) is 7.04. The summed E-state index contributed by atoms with van der Waals surface area (Å²) in [6, 6.07) is -0.261. The van der Waals surface area contributed by atoms with Crippen LogP contribution >= 0.6 is 10.7 Å². The smallest absolute Gasteiger partial charge is 0.407 e. The fourth-order valence-corrected chi connectivity index (χ4v) is 1.79. The highest BCUT2D eigenvalue weighted by Crippen LogP contribution is 2.06. The number of halogens is 1. The topological polar surface area (TPSA) is 55.4 Å². The maximum absolute atomic E-state index is 11.2. The summed E-state index contributed by atoms with van der Waals surface area (Å²) in [4.78, 5) is 11.2. The lowest BCUT2D eigenvalue weighted by molar-refractivity contribution is 0.0513. The fourth-order valence-electron chi connectivity index (χ4n) is 0.747. The Labute approximate surface area is 91.3 Å². The maximum atomic E-state index is 11.2. The molecule has 0 aromatic carbocycles. The van der Waals surface area contributed by atoms with Crippen LogP contribution in [0.3, 0.4) is 0 Å². The van der Waals surface area contributed by atoms with E-state index in [1.54, 1.807) is 27.7 Å². The second-order valence-electron chi connectivity index (χ2n) is 4.00. The number of hydrogen-bond donors (Lipinski definition) is 1. The number of alkyl carbamates (subject to hydrolysis) is 1.